The van der Waals surface area contributed by atoms with Crippen molar-refractivity contribution in [2.75, 3.05) is 13.2 Å². The number of benzene rings is 1. The largest absolute Gasteiger partial charge is 0.490 e. The highest BCUT2D eigenvalue weighted by Crippen LogP contribution is 2.33. The lowest BCUT2D eigenvalue weighted by Gasteiger charge is -2.17. The van der Waals surface area contributed by atoms with E-state index in [1.165, 1.54) is 0 Å². The third kappa shape index (κ3) is 2.30. The lowest BCUT2D eigenvalue weighted by Crippen LogP contribution is -2.16. The van der Waals surface area contributed by atoms with Crippen molar-refractivity contribution < 1.29 is 9.47 Å². The van der Waals surface area contributed by atoms with Crippen molar-refractivity contribution in [3.05, 3.63) is 23.8 Å². The highest BCUT2D eigenvalue weighted by Gasteiger charge is 2.15. The van der Waals surface area contributed by atoms with Gasteiger partial charge in [0.05, 0.1) is 13.2 Å². The van der Waals surface area contributed by atoms with E-state index >= 15 is 0 Å². The van der Waals surface area contributed by atoms with Crippen LogP contribution in [0.15, 0.2) is 18.2 Å². The Balaban J connectivity index is 2.27. The highest BCUT2D eigenvalue weighted by molar-refractivity contribution is 5.44. The van der Waals surface area contributed by atoms with Crippen LogP contribution in [0.5, 0.6) is 11.5 Å². The molecule has 3 nitrogen and oxygen atoms in total. The number of hydrogen-bond acceptors (Lipinski definition) is 3. The van der Waals surface area contributed by atoms with Gasteiger partial charge in [0, 0.05) is 12.5 Å². The fraction of sp³-hybridized carbons (Fsp3) is 0.538. The zero-order valence-electron chi connectivity index (χ0n) is 9.90. The highest BCUT2D eigenvalue weighted by atomic mass is 16.5. The first-order valence-electron chi connectivity index (χ1n) is 5.83. The van der Waals surface area contributed by atoms with Gasteiger partial charge in [-0.1, -0.05) is 19.9 Å². The van der Waals surface area contributed by atoms with E-state index in [1.807, 2.05) is 18.2 Å². The maximum atomic E-state index is 6.11. The van der Waals surface area contributed by atoms with Crippen LogP contribution in [-0.2, 0) is 0 Å². The first kappa shape index (κ1) is 11.3. The zero-order valence-corrected chi connectivity index (χ0v) is 9.90. The summed E-state index contributed by atoms with van der Waals surface area (Å²) in [7, 11) is 0. The van der Waals surface area contributed by atoms with Crippen LogP contribution in [0.4, 0.5) is 0 Å². The van der Waals surface area contributed by atoms with Crippen molar-refractivity contribution in [3.63, 3.8) is 0 Å². The third-order valence-corrected chi connectivity index (χ3v) is 2.87. The first-order chi connectivity index (χ1) is 7.68. The molecule has 0 spiro atoms. The van der Waals surface area contributed by atoms with Gasteiger partial charge in [0.25, 0.3) is 0 Å². The molecule has 0 unspecified atom stereocenters. The topological polar surface area (TPSA) is 44.5 Å². The molecule has 1 aromatic carbocycles. The lowest BCUT2D eigenvalue weighted by atomic mass is 9.97. The van der Waals surface area contributed by atoms with Gasteiger partial charge in [-0.25, -0.2) is 0 Å². The van der Waals surface area contributed by atoms with Crippen molar-refractivity contribution in [1.82, 2.24) is 0 Å². The second-order valence-corrected chi connectivity index (χ2v) is 4.53. The van der Waals surface area contributed by atoms with E-state index in [2.05, 4.69) is 13.8 Å². The molecule has 1 aliphatic heterocycles. The predicted molar refractivity (Wildman–Crippen MR) is 63.8 cm³/mol. The molecular weight excluding hydrogens is 202 g/mol. The molecule has 1 atom stereocenters. The molecule has 0 bridgehead atoms. The molecule has 88 valence electrons. The van der Waals surface area contributed by atoms with Crippen LogP contribution in [-0.4, -0.2) is 13.2 Å². The maximum Gasteiger partial charge on any atom is 0.161 e. The molecule has 1 aliphatic rings. The number of hydrogen-bond donors (Lipinski definition) is 1. The van der Waals surface area contributed by atoms with Gasteiger partial charge in [-0.15, -0.1) is 0 Å². The van der Waals surface area contributed by atoms with Crippen molar-refractivity contribution in [2.24, 2.45) is 11.7 Å². The normalized spacial score (nSPS) is 17.0. The maximum absolute atomic E-state index is 6.11. The summed E-state index contributed by atoms with van der Waals surface area (Å²) < 4.78 is 11.2. The van der Waals surface area contributed by atoms with Crippen LogP contribution in [0.2, 0.25) is 0 Å². The third-order valence-electron chi connectivity index (χ3n) is 2.87. The van der Waals surface area contributed by atoms with Crippen LogP contribution in [0.3, 0.4) is 0 Å². The van der Waals surface area contributed by atoms with Gasteiger partial charge in [0.15, 0.2) is 11.5 Å². The SMILES string of the molecule is CC(C)[C@H](N)c1ccc2c(c1)OCCCO2. The second kappa shape index (κ2) is 4.74. The van der Waals surface area contributed by atoms with Gasteiger partial charge in [0.1, 0.15) is 0 Å². The minimum absolute atomic E-state index is 0.0529. The number of nitrogens with two attached hydrogens (primary N) is 1. The van der Waals surface area contributed by atoms with E-state index in [4.69, 9.17) is 15.2 Å². The fourth-order valence-corrected chi connectivity index (χ4v) is 1.77. The average Bonchev–Trinajstić information content (AvgIpc) is 2.51. The Morgan fingerprint density at radius 3 is 2.50 bits per heavy atom. The van der Waals surface area contributed by atoms with Crippen LogP contribution in [0, 0.1) is 5.92 Å². The first-order valence-corrected chi connectivity index (χ1v) is 5.83. The van der Waals surface area contributed by atoms with Gasteiger partial charge >= 0.3 is 0 Å². The van der Waals surface area contributed by atoms with Crippen molar-refractivity contribution in [3.8, 4) is 11.5 Å². The molecular formula is C13H19NO2. The molecule has 0 aromatic heterocycles. The standard InChI is InChI=1S/C13H19NO2/c1-9(2)13(14)10-4-5-11-12(8-10)16-7-3-6-15-11/h4-5,8-9,13H,3,6-7,14H2,1-2H3/t13-/m0/s1. The van der Waals surface area contributed by atoms with Gasteiger partial charge in [0.2, 0.25) is 0 Å². The molecule has 0 amide bonds. The van der Waals surface area contributed by atoms with Crippen molar-refractivity contribution >= 4 is 0 Å². The Morgan fingerprint density at radius 1 is 1.12 bits per heavy atom. The smallest absolute Gasteiger partial charge is 0.161 e. The summed E-state index contributed by atoms with van der Waals surface area (Å²) in [5, 5.41) is 0. The van der Waals surface area contributed by atoms with Gasteiger partial charge in [-0.2, -0.15) is 0 Å². The van der Waals surface area contributed by atoms with Crippen molar-refractivity contribution in [2.45, 2.75) is 26.3 Å². The molecule has 3 heteroatoms. The summed E-state index contributed by atoms with van der Waals surface area (Å²) in [5.74, 6) is 2.08. The summed E-state index contributed by atoms with van der Waals surface area (Å²) in [6.45, 7) is 5.68. The zero-order chi connectivity index (χ0) is 11.5. The molecule has 0 saturated carbocycles. The Labute approximate surface area is 96.5 Å². The van der Waals surface area contributed by atoms with E-state index in [-0.39, 0.29) is 6.04 Å². The van der Waals surface area contributed by atoms with Crippen LogP contribution < -0.4 is 15.2 Å². The Kier molecular flexibility index (Phi) is 3.34. The Bertz CT molecular complexity index is 363. The quantitative estimate of drug-likeness (QED) is 0.834. The van der Waals surface area contributed by atoms with Crippen LogP contribution in [0.1, 0.15) is 31.9 Å². The van der Waals surface area contributed by atoms with E-state index in [9.17, 15) is 0 Å². The minimum atomic E-state index is 0.0529. The molecule has 1 aromatic rings. The lowest BCUT2D eigenvalue weighted by molar-refractivity contribution is 0.297. The van der Waals surface area contributed by atoms with E-state index in [0.717, 1.165) is 30.1 Å². The van der Waals surface area contributed by atoms with E-state index < -0.39 is 0 Å². The van der Waals surface area contributed by atoms with Crippen LogP contribution in [0.25, 0.3) is 0 Å². The minimum Gasteiger partial charge on any atom is -0.490 e. The molecule has 0 saturated heterocycles. The van der Waals surface area contributed by atoms with Gasteiger partial charge < -0.3 is 15.2 Å². The summed E-state index contributed by atoms with van der Waals surface area (Å²) in [6, 6.07) is 6.04. The predicted octanol–water partition coefficient (Wildman–Crippen LogP) is 2.50. The molecule has 0 radical (unpaired) electrons. The van der Waals surface area contributed by atoms with Gasteiger partial charge in [-0.3, -0.25) is 0 Å². The molecule has 0 fully saturated rings. The number of ether oxygens (including phenoxy) is 2. The molecule has 2 rings (SSSR count). The number of fused-ring (bicyclic) bond motifs is 1. The summed E-state index contributed by atoms with van der Waals surface area (Å²) in [5.41, 5.74) is 7.22. The average molecular weight is 221 g/mol. The monoisotopic (exact) mass is 221 g/mol. The summed E-state index contributed by atoms with van der Waals surface area (Å²) in [6.07, 6.45) is 0.931. The van der Waals surface area contributed by atoms with Gasteiger partial charge in [-0.05, 0) is 23.6 Å². The van der Waals surface area contributed by atoms with Crippen LogP contribution >= 0.6 is 0 Å². The van der Waals surface area contributed by atoms with Crippen molar-refractivity contribution in [1.29, 1.82) is 0 Å². The van der Waals surface area contributed by atoms with E-state index in [1.54, 1.807) is 0 Å². The second-order valence-electron chi connectivity index (χ2n) is 4.53. The fourth-order valence-electron chi connectivity index (χ4n) is 1.77. The van der Waals surface area contributed by atoms with E-state index in [0.29, 0.717) is 12.5 Å². The Morgan fingerprint density at radius 2 is 1.81 bits per heavy atom. The number of rotatable bonds is 2. The summed E-state index contributed by atoms with van der Waals surface area (Å²) >= 11 is 0. The molecule has 0 aliphatic carbocycles. The molecule has 16 heavy (non-hydrogen) atoms. The summed E-state index contributed by atoms with van der Waals surface area (Å²) in [4.78, 5) is 0. The molecule has 1 heterocycles. The Hall–Kier alpha value is -1.22. The molecule has 2 N–H and O–H groups in total.